The van der Waals surface area contributed by atoms with Gasteiger partial charge in [-0.15, -0.1) is 0 Å². The minimum atomic E-state index is -0.298. The lowest BCUT2D eigenvalue weighted by Gasteiger charge is -2.12. The molecule has 0 saturated carbocycles. The maximum atomic E-state index is 12.7. The van der Waals surface area contributed by atoms with E-state index >= 15 is 0 Å². The van der Waals surface area contributed by atoms with E-state index in [1.54, 1.807) is 24.3 Å². The van der Waals surface area contributed by atoms with Gasteiger partial charge in [0.05, 0.1) is 16.8 Å². The second kappa shape index (κ2) is 8.32. The van der Waals surface area contributed by atoms with E-state index < -0.39 is 0 Å². The Morgan fingerprint density at radius 2 is 1.56 bits per heavy atom. The fourth-order valence-electron chi connectivity index (χ4n) is 3.54. The molecule has 2 heterocycles. The molecule has 6 heteroatoms. The highest BCUT2D eigenvalue weighted by Crippen LogP contribution is 2.33. The number of carbonyl (C=O) groups excluding carboxylic acids is 2. The van der Waals surface area contributed by atoms with Crippen molar-refractivity contribution in [3.05, 3.63) is 111 Å². The molecule has 1 saturated heterocycles. The van der Waals surface area contributed by atoms with Crippen molar-refractivity contribution in [1.29, 1.82) is 0 Å². The number of para-hydroxylation sites is 1. The molecular weight excluding hydrogens is 422 g/mol. The maximum Gasteiger partial charge on any atom is 0.293 e. The summed E-state index contributed by atoms with van der Waals surface area (Å²) >= 11 is 0.939. The van der Waals surface area contributed by atoms with E-state index in [-0.39, 0.29) is 23.1 Å². The van der Waals surface area contributed by atoms with Crippen LogP contribution in [0.2, 0.25) is 0 Å². The summed E-state index contributed by atoms with van der Waals surface area (Å²) in [6.45, 7) is 0.253. The Bertz CT molecular complexity index is 1420. The lowest BCUT2D eigenvalue weighted by Crippen LogP contribution is -2.27. The summed E-state index contributed by atoms with van der Waals surface area (Å²) < 4.78 is 5.88. The number of fused-ring (bicyclic) bond motifs is 1. The first kappa shape index (κ1) is 20.0. The fraction of sp³-hybridized carbons (Fsp3) is 0.0385. The van der Waals surface area contributed by atoms with E-state index in [1.807, 2.05) is 60.7 Å². The van der Waals surface area contributed by atoms with Crippen LogP contribution in [0.4, 0.5) is 4.79 Å². The molecule has 0 atom stereocenters. The van der Waals surface area contributed by atoms with Gasteiger partial charge in [-0.1, -0.05) is 66.7 Å². The summed E-state index contributed by atoms with van der Waals surface area (Å²) in [7, 11) is 0. The molecule has 0 unspecified atom stereocenters. The van der Waals surface area contributed by atoms with Gasteiger partial charge in [0, 0.05) is 11.6 Å². The van der Waals surface area contributed by atoms with Crippen molar-refractivity contribution >= 4 is 40.0 Å². The van der Waals surface area contributed by atoms with Crippen molar-refractivity contribution in [1.82, 2.24) is 4.90 Å². The monoisotopic (exact) mass is 439 g/mol. The second-order valence-corrected chi connectivity index (χ2v) is 8.34. The minimum Gasteiger partial charge on any atom is -0.456 e. The summed E-state index contributed by atoms with van der Waals surface area (Å²) in [5.41, 5.74) is 2.87. The van der Waals surface area contributed by atoms with Crippen molar-refractivity contribution in [2.24, 2.45) is 0 Å². The minimum absolute atomic E-state index is 0.0991. The Balaban J connectivity index is 1.38. The zero-order chi connectivity index (χ0) is 22.1. The molecule has 3 aromatic carbocycles. The van der Waals surface area contributed by atoms with Gasteiger partial charge in [0.1, 0.15) is 11.3 Å². The van der Waals surface area contributed by atoms with Gasteiger partial charge in [-0.05, 0) is 41.1 Å². The van der Waals surface area contributed by atoms with E-state index in [2.05, 4.69) is 0 Å². The van der Waals surface area contributed by atoms with Crippen molar-refractivity contribution in [3.8, 4) is 11.3 Å². The number of carbonyl (C=O) groups is 2. The van der Waals surface area contributed by atoms with Gasteiger partial charge < -0.3 is 4.42 Å². The quantitative estimate of drug-likeness (QED) is 0.382. The van der Waals surface area contributed by atoms with Crippen LogP contribution in [0.5, 0.6) is 0 Å². The molecule has 1 fully saturated rings. The number of benzene rings is 3. The van der Waals surface area contributed by atoms with Gasteiger partial charge in [0.2, 0.25) is 0 Å². The van der Waals surface area contributed by atoms with Gasteiger partial charge >= 0.3 is 0 Å². The van der Waals surface area contributed by atoms with E-state index in [0.717, 1.165) is 28.5 Å². The largest absolute Gasteiger partial charge is 0.456 e. The Labute approximate surface area is 188 Å². The smallest absolute Gasteiger partial charge is 0.293 e. The van der Waals surface area contributed by atoms with E-state index in [4.69, 9.17) is 4.42 Å². The van der Waals surface area contributed by atoms with Gasteiger partial charge in [0.15, 0.2) is 5.43 Å². The SMILES string of the molecule is O=C1S/C(=C/c2ccc(-c3cc(=O)c4ccccc4o3)cc2)C(=O)N1Cc1ccccc1. The molecule has 5 nitrogen and oxygen atoms in total. The fourth-order valence-corrected chi connectivity index (χ4v) is 4.38. The number of hydrogen-bond donors (Lipinski definition) is 0. The van der Waals surface area contributed by atoms with Gasteiger partial charge in [-0.2, -0.15) is 0 Å². The number of imide groups is 1. The van der Waals surface area contributed by atoms with E-state index in [9.17, 15) is 14.4 Å². The van der Waals surface area contributed by atoms with Crippen LogP contribution in [0.15, 0.2) is 99.0 Å². The topological polar surface area (TPSA) is 67.6 Å². The third kappa shape index (κ3) is 3.88. The lowest BCUT2D eigenvalue weighted by atomic mass is 10.1. The number of nitrogens with zero attached hydrogens (tertiary/aromatic N) is 1. The molecule has 32 heavy (non-hydrogen) atoms. The molecule has 1 aliphatic rings. The molecule has 0 N–H and O–H groups in total. The summed E-state index contributed by atoms with van der Waals surface area (Å²) in [5.74, 6) is 0.178. The summed E-state index contributed by atoms with van der Waals surface area (Å²) in [6.07, 6.45) is 1.70. The third-order valence-corrected chi connectivity index (χ3v) is 6.09. The Kier molecular flexibility index (Phi) is 5.21. The standard InChI is InChI=1S/C26H17NO4S/c28-21-15-23(31-22-9-5-4-8-20(21)22)19-12-10-17(11-13-19)14-24-25(29)27(26(30)32-24)16-18-6-2-1-3-7-18/h1-15H,16H2/b24-14+. The maximum absolute atomic E-state index is 12.7. The lowest BCUT2D eigenvalue weighted by molar-refractivity contribution is -0.123. The average molecular weight is 439 g/mol. The number of hydrogen-bond acceptors (Lipinski definition) is 5. The van der Waals surface area contributed by atoms with Gasteiger partial charge in [-0.25, -0.2) is 0 Å². The molecular formula is C26H17NO4S. The summed E-state index contributed by atoms with van der Waals surface area (Å²) in [5, 5.41) is 0.263. The average Bonchev–Trinajstić information content (AvgIpc) is 3.07. The number of thioether (sulfide) groups is 1. The first-order chi connectivity index (χ1) is 15.6. The molecule has 5 rings (SSSR count). The van der Waals surface area contributed by atoms with Crippen molar-refractivity contribution in [2.45, 2.75) is 6.54 Å². The van der Waals surface area contributed by atoms with E-state index in [0.29, 0.717) is 21.6 Å². The predicted molar refractivity (Wildman–Crippen MR) is 126 cm³/mol. The first-order valence-corrected chi connectivity index (χ1v) is 10.8. The summed E-state index contributed by atoms with van der Waals surface area (Å²) in [4.78, 5) is 39.1. The zero-order valence-corrected chi connectivity index (χ0v) is 17.7. The Morgan fingerprint density at radius 3 is 2.34 bits per heavy atom. The highest BCUT2D eigenvalue weighted by molar-refractivity contribution is 8.18. The summed E-state index contributed by atoms with van der Waals surface area (Å²) in [6, 6.07) is 25.3. The molecule has 0 radical (unpaired) electrons. The molecule has 1 aromatic heterocycles. The van der Waals surface area contributed by atoms with Gasteiger partial charge in [0.25, 0.3) is 11.1 Å². The van der Waals surface area contributed by atoms with Crippen LogP contribution in [0.3, 0.4) is 0 Å². The normalized spacial score (nSPS) is 15.1. The Hall–Kier alpha value is -3.90. The molecule has 0 spiro atoms. The van der Waals surface area contributed by atoms with Crippen LogP contribution in [-0.4, -0.2) is 16.0 Å². The Morgan fingerprint density at radius 1 is 0.844 bits per heavy atom. The highest BCUT2D eigenvalue weighted by atomic mass is 32.2. The zero-order valence-electron chi connectivity index (χ0n) is 16.9. The predicted octanol–water partition coefficient (Wildman–Crippen LogP) is 5.70. The second-order valence-electron chi connectivity index (χ2n) is 7.35. The highest BCUT2D eigenvalue weighted by Gasteiger charge is 2.34. The van der Waals surface area contributed by atoms with Crippen LogP contribution < -0.4 is 5.43 Å². The van der Waals surface area contributed by atoms with Crippen LogP contribution >= 0.6 is 11.8 Å². The van der Waals surface area contributed by atoms with Crippen molar-refractivity contribution in [3.63, 3.8) is 0 Å². The van der Waals surface area contributed by atoms with Gasteiger partial charge in [-0.3, -0.25) is 19.3 Å². The van der Waals surface area contributed by atoms with Crippen LogP contribution in [0.25, 0.3) is 28.4 Å². The molecule has 0 bridgehead atoms. The molecule has 156 valence electrons. The van der Waals surface area contributed by atoms with Crippen molar-refractivity contribution < 1.29 is 14.0 Å². The third-order valence-electron chi connectivity index (χ3n) is 5.18. The van der Waals surface area contributed by atoms with Crippen LogP contribution in [-0.2, 0) is 11.3 Å². The first-order valence-electron chi connectivity index (χ1n) is 10.0. The van der Waals surface area contributed by atoms with E-state index in [1.165, 1.54) is 11.0 Å². The molecule has 0 aliphatic carbocycles. The molecule has 1 aliphatic heterocycles. The molecule has 2 amide bonds. The molecule has 4 aromatic rings. The number of amides is 2. The number of rotatable bonds is 4. The van der Waals surface area contributed by atoms with Crippen LogP contribution in [0.1, 0.15) is 11.1 Å². The van der Waals surface area contributed by atoms with Crippen molar-refractivity contribution in [2.75, 3.05) is 0 Å². The van der Waals surface area contributed by atoms with Crippen LogP contribution in [0, 0.1) is 0 Å².